The van der Waals surface area contributed by atoms with E-state index < -0.39 is 0 Å². The lowest BCUT2D eigenvalue weighted by atomic mass is 9.55. The molecule has 4 atom stereocenters. The number of esters is 1. The van der Waals surface area contributed by atoms with Gasteiger partial charge >= 0.3 is 5.97 Å². The number of nitrogens with one attached hydrogen (secondary N) is 1. The van der Waals surface area contributed by atoms with Gasteiger partial charge in [0.2, 0.25) is 0 Å². The Kier molecular flexibility index (Phi) is 5.47. The molecule has 4 aliphatic rings. The number of hydrogen-bond acceptors (Lipinski definition) is 3. The summed E-state index contributed by atoms with van der Waals surface area (Å²) in [7, 11) is 0. The standard InChI is InChI=1S/C26H35NO3/c1-26-13-11-21-20-8-6-19(30-25(29)12-16-27-14-3-2-4-15-27)17-18(20)5-7-22(21)23(26)9-10-24(26)28/h6,8,17,21-23H,2-5,7,9-16H2,1H3/p+1/t21-,22-,23-,26-/m0/s1. The summed E-state index contributed by atoms with van der Waals surface area (Å²) in [5.41, 5.74) is 2.74. The fourth-order valence-electron chi connectivity index (χ4n) is 7.16. The molecular formula is C26H36NO3+. The second-order valence-corrected chi connectivity index (χ2v) is 10.5. The van der Waals surface area contributed by atoms with Crippen LogP contribution in [0.25, 0.3) is 0 Å². The molecule has 5 rings (SSSR count). The molecule has 1 heterocycles. The zero-order chi connectivity index (χ0) is 20.7. The Morgan fingerprint density at radius 1 is 1.13 bits per heavy atom. The van der Waals surface area contributed by atoms with Gasteiger partial charge in [0.25, 0.3) is 0 Å². The number of quaternary nitrogens is 1. The van der Waals surface area contributed by atoms with E-state index in [1.165, 1.54) is 49.9 Å². The number of carbonyl (C=O) groups is 2. The lowest BCUT2D eigenvalue weighted by Gasteiger charge is -2.48. The van der Waals surface area contributed by atoms with Crippen molar-refractivity contribution in [1.82, 2.24) is 0 Å². The van der Waals surface area contributed by atoms with Crippen LogP contribution in [0.4, 0.5) is 0 Å². The van der Waals surface area contributed by atoms with Gasteiger partial charge in [0, 0.05) is 11.8 Å². The molecule has 1 N–H and O–H groups in total. The number of rotatable bonds is 4. The predicted octanol–water partition coefficient (Wildman–Crippen LogP) is 3.48. The molecule has 4 heteroatoms. The zero-order valence-corrected chi connectivity index (χ0v) is 18.4. The van der Waals surface area contributed by atoms with Crippen molar-refractivity contribution in [1.29, 1.82) is 0 Å². The first kappa shape index (κ1) is 20.2. The Balaban J connectivity index is 1.23. The molecule has 3 aliphatic carbocycles. The highest BCUT2D eigenvalue weighted by molar-refractivity contribution is 5.87. The first-order chi connectivity index (χ1) is 14.5. The highest BCUT2D eigenvalue weighted by Crippen LogP contribution is 2.59. The molecule has 0 spiro atoms. The van der Waals surface area contributed by atoms with Crippen molar-refractivity contribution in [2.75, 3.05) is 19.6 Å². The normalized spacial score (nSPS) is 33.5. The maximum atomic E-state index is 12.5. The molecule has 0 amide bonds. The third kappa shape index (κ3) is 3.62. The summed E-state index contributed by atoms with van der Waals surface area (Å²) < 4.78 is 5.71. The number of aryl methyl sites for hydroxylation is 1. The van der Waals surface area contributed by atoms with Crippen LogP contribution in [0.15, 0.2) is 18.2 Å². The monoisotopic (exact) mass is 410 g/mol. The number of ketones is 1. The van der Waals surface area contributed by atoms with E-state index in [1.54, 1.807) is 4.90 Å². The first-order valence-electron chi connectivity index (χ1n) is 12.2. The van der Waals surface area contributed by atoms with Crippen molar-refractivity contribution in [2.24, 2.45) is 17.3 Å². The molecular weight excluding hydrogens is 374 g/mol. The third-order valence-electron chi connectivity index (χ3n) is 8.88. The van der Waals surface area contributed by atoms with Gasteiger partial charge in [0.1, 0.15) is 11.5 Å². The van der Waals surface area contributed by atoms with Crippen LogP contribution in [0.3, 0.4) is 0 Å². The molecule has 0 bridgehead atoms. The molecule has 0 radical (unpaired) electrons. The number of likely N-dealkylation sites (tertiary alicyclic amines) is 1. The maximum Gasteiger partial charge on any atom is 0.316 e. The molecule has 0 unspecified atom stereocenters. The Morgan fingerprint density at radius 3 is 2.80 bits per heavy atom. The lowest BCUT2D eigenvalue weighted by molar-refractivity contribution is -0.904. The van der Waals surface area contributed by atoms with Gasteiger partial charge in [-0.05, 0) is 92.4 Å². The number of ether oxygens (including phenoxy) is 1. The molecule has 1 saturated heterocycles. The minimum Gasteiger partial charge on any atom is -0.426 e. The quantitative estimate of drug-likeness (QED) is 0.611. The highest BCUT2D eigenvalue weighted by Gasteiger charge is 2.54. The second kappa shape index (κ2) is 8.11. The molecule has 4 nitrogen and oxygen atoms in total. The summed E-state index contributed by atoms with van der Waals surface area (Å²) in [5, 5.41) is 0. The van der Waals surface area contributed by atoms with Crippen molar-refractivity contribution in [3.8, 4) is 5.75 Å². The Hall–Kier alpha value is -1.68. The smallest absolute Gasteiger partial charge is 0.316 e. The molecule has 1 aromatic rings. The van der Waals surface area contributed by atoms with Crippen LogP contribution in [-0.2, 0) is 16.0 Å². The van der Waals surface area contributed by atoms with E-state index in [4.69, 9.17) is 4.74 Å². The van der Waals surface area contributed by atoms with Gasteiger partial charge in [-0.3, -0.25) is 9.59 Å². The van der Waals surface area contributed by atoms with Crippen LogP contribution in [0.2, 0.25) is 0 Å². The number of hydrogen-bond donors (Lipinski definition) is 1. The molecule has 162 valence electrons. The molecule has 2 saturated carbocycles. The second-order valence-electron chi connectivity index (χ2n) is 10.5. The van der Waals surface area contributed by atoms with Crippen molar-refractivity contribution in [2.45, 2.75) is 77.0 Å². The summed E-state index contributed by atoms with van der Waals surface area (Å²) in [6.45, 7) is 5.51. The topological polar surface area (TPSA) is 47.8 Å². The van der Waals surface area contributed by atoms with Gasteiger partial charge in [-0.25, -0.2) is 0 Å². The lowest BCUT2D eigenvalue weighted by Crippen LogP contribution is -3.12. The van der Waals surface area contributed by atoms with Gasteiger partial charge in [-0.2, -0.15) is 0 Å². The fourth-order valence-corrected chi connectivity index (χ4v) is 7.16. The van der Waals surface area contributed by atoms with E-state index in [0.29, 0.717) is 35.7 Å². The number of fused-ring (bicyclic) bond motifs is 5. The number of benzene rings is 1. The van der Waals surface area contributed by atoms with Gasteiger partial charge < -0.3 is 9.64 Å². The summed E-state index contributed by atoms with van der Waals surface area (Å²) in [6, 6.07) is 6.33. The molecule has 3 fully saturated rings. The van der Waals surface area contributed by atoms with Crippen molar-refractivity contribution in [3.63, 3.8) is 0 Å². The van der Waals surface area contributed by atoms with Crippen LogP contribution in [0.5, 0.6) is 5.75 Å². The van der Waals surface area contributed by atoms with Crippen molar-refractivity contribution < 1.29 is 19.2 Å². The molecule has 1 aromatic carbocycles. The fraction of sp³-hybridized carbons (Fsp3) is 0.692. The summed E-state index contributed by atoms with van der Waals surface area (Å²) in [6.07, 6.45) is 10.6. The number of piperidine rings is 1. The van der Waals surface area contributed by atoms with Gasteiger partial charge in [-0.15, -0.1) is 0 Å². The highest BCUT2D eigenvalue weighted by atomic mass is 16.5. The van der Waals surface area contributed by atoms with E-state index in [1.807, 2.05) is 6.07 Å². The van der Waals surface area contributed by atoms with E-state index in [9.17, 15) is 9.59 Å². The van der Waals surface area contributed by atoms with Crippen LogP contribution in [0.1, 0.15) is 81.8 Å². The van der Waals surface area contributed by atoms with Gasteiger partial charge in [0.15, 0.2) is 0 Å². The van der Waals surface area contributed by atoms with E-state index in [0.717, 1.165) is 38.6 Å². The Morgan fingerprint density at radius 2 is 1.97 bits per heavy atom. The van der Waals surface area contributed by atoms with Crippen molar-refractivity contribution in [3.05, 3.63) is 29.3 Å². The summed E-state index contributed by atoms with van der Waals surface area (Å²) >= 11 is 0. The average Bonchev–Trinajstić information content (AvgIpc) is 3.07. The Labute approximate surface area is 180 Å². The third-order valence-corrected chi connectivity index (χ3v) is 8.88. The maximum absolute atomic E-state index is 12.5. The van der Waals surface area contributed by atoms with Gasteiger partial charge in [0.05, 0.1) is 26.1 Å². The number of Topliss-reactive ketones (excluding diaryl/α,β-unsaturated/α-hetero) is 1. The largest absolute Gasteiger partial charge is 0.426 e. The Bertz CT molecular complexity index is 828. The summed E-state index contributed by atoms with van der Waals surface area (Å²) in [4.78, 5) is 26.4. The van der Waals surface area contributed by atoms with E-state index in [2.05, 4.69) is 19.1 Å². The number of carbonyl (C=O) groups excluding carboxylic acids is 2. The zero-order valence-electron chi connectivity index (χ0n) is 18.4. The summed E-state index contributed by atoms with van der Waals surface area (Å²) in [5.74, 6) is 2.90. The molecule has 30 heavy (non-hydrogen) atoms. The van der Waals surface area contributed by atoms with Crippen molar-refractivity contribution >= 4 is 11.8 Å². The molecule has 0 aromatic heterocycles. The van der Waals surface area contributed by atoms with Crippen LogP contribution < -0.4 is 9.64 Å². The van der Waals surface area contributed by atoms with Gasteiger partial charge in [-0.1, -0.05) is 13.0 Å². The van der Waals surface area contributed by atoms with E-state index >= 15 is 0 Å². The SMILES string of the molecule is C[C@]12CC[C@H]3c4ccc(OC(=O)CC[NH+]5CCCCC5)cc4CC[C@@H]3[C@@H]1CCC2=O. The van der Waals surface area contributed by atoms with Crippen LogP contribution in [-0.4, -0.2) is 31.4 Å². The first-order valence-corrected chi connectivity index (χ1v) is 12.2. The molecule has 1 aliphatic heterocycles. The van der Waals surface area contributed by atoms with Crippen LogP contribution in [0, 0.1) is 17.3 Å². The minimum atomic E-state index is -0.0976. The average molecular weight is 411 g/mol. The minimum absolute atomic E-state index is 0.0650. The van der Waals surface area contributed by atoms with E-state index in [-0.39, 0.29) is 11.4 Å². The van der Waals surface area contributed by atoms with Crippen LogP contribution >= 0.6 is 0 Å². The predicted molar refractivity (Wildman–Crippen MR) is 116 cm³/mol.